The van der Waals surface area contributed by atoms with Crippen molar-refractivity contribution in [1.29, 1.82) is 0 Å². The highest BCUT2D eigenvalue weighted by Crippen LogP contribution is 2.19. The average molecular weight is 278 g/mol. The van der Waals surface area contributed by atoms with Gasteiger partial charge in [-0.15, -0.1) is 0 Å². The van der Waals surface area contributed by atoms with Crippen LogP contribution in [0.2, 0.25) is 0 Å². The van der Waals surface area contributed by atoms with Crippen molar-refractivity contribution in [3.05, 3.63) is 11.6 Å². The summed E-state index contributed by atoms with van der Waals surface area (Å²) in [6, 6.07) is 0. The van der Waals surface area contributed by atoms with Gasteiger partial charge in [-0.05, 0) is 58.0 Å². The minimum atomic E-state index is 0.764. The minimum Gasteiger partial charge on any atom is -0.356 e. The summed E-state index contributed by atoms with van der Waals surface area (Å²) in [6.07, 6.45) is 10.2. The van der Waals surface area contributed by atoms with Crippen molar-refractivity contribution < 1.29 is 0 Å². The Morgan fingerprint density at radius 3 is 2.95 bits per heavy atom. The predicted octanol–water partition coefficient (Wildman–Crippen LogP) is 1.99. The summed E-state index contributed by atoms with van der Waals surface area (Å²) in [5.41, 5.74) is 1.62. The molecule has 2 N–H and O–H groups in total. The molecular weight excluding hydrogens is 248 g/mol. The van der Waals surface area contributed by atoms with E-state index in [-0.39, 0.29) is 0 Å². The zero-order valence-corrected chi connectivity index (χ0v) is 13.1. The normalized spacial score (nSPS) is 24.6. The molecule has 0 amide bonds. The molecule has 0 bridgehead atoms. The first-order chi connectivity index (χ1) is 9.78. The summed E-state index contributed by atoms with van der Waals surface area (Å²) in [5, 5.41) is 6.90. The van der Waals surface area contributed by atoms with Gasteiger partial charge in [-0.2, -0.15) is 0 Å². The molecule has 1 atom stereocenters. The zero-order valence-electron chi connectivity index (χ0n) is 13.1. The van der Waals surface area contributed by atoms with Crippen LogP contribution < -0.4 is 10.6 Å². The van der Waals surface area contributed by atoms with Crippen molar-refractivity contribution in [3.8, 4) is 0 Å². The molecule has 1 aliphatic carbocycles. The van der Waals surface area contributed by atoms with Gasteiger partial charge in [0.15, 0.2) is 5.96 Å². The van der Waals surface area contributed by atoms with Gasteiger partial charge in [-0.1, -0.05) is 11.6 Å². The molecule has 0 aromatic carbocycles. The lowest BCUT2D eigenvalue weighted by Crippen LogP contribution is -2.40. The quantitative estimate of drug-likeness (QED) is 0.459. The molecular formula is C16H30N4. The topological polar surface area (TPSA) is 39.7 Å². The fourth-order valence-corrected chi connectivity index (χ4v) is 3.13. The summed E-state index contributed by atoms with van der Waals surface area (Å²) >= 11 is 0. The Morgan fingerprint density at radius 2 is 2.30 bits per heavy atom. The third-order valence-electron chi connectivity index (χ3n) is 4.39. The van der Waals surface area contributed by atoms with Crippen LogP contribution in [-0.4, -0.2) is 51.1 Å². The van der Waals surface area contributed by atoms with Crippen LogP contribution in [0.3, 0.4) is 0 Å². The molecule has 4 heteroatoms. The number of guanidine groups is 1. The van der Waals surface area contributed by atoms with E-state index in [4.69, 9.17) is 0 Å². The van der Waals surface area contributed by atoms with Crippen LogP contribution in [0.25, 0.3) is 0 Å². The van der Waals surface area contributed by atoms with E-state index in [1.165, 1.54) is 45.2 Å². The molecule has 1 aliphatic heterocycles. The van der Waals surface area contributed by atoms with Gasteiger partial charge in [0, 0.05) is 26.7 Å². The van der Waals surface area contributed by atoms with E-state index < -0.39 is 0 Å². The molecule has 0 aromatic heterocycles. The summed E-state index contributed by atoms with van der Waals surface area (Å²) in [5.74, 6) is 1.72. The van der Waals surface area contributed by atoms with E-state index in [1.807, 2.05) is 7.05 Å². The van der Waals surface area contributed by atoms with E-state index in [9.17, 15) is 0 Å². The number of likely N-dealkylation sites (tertiary alicyclic amines) is 1. The van der Waals surface area contributed by atoms with Crippen molar-refractivity contribution in [1.82, 2.24) is 15.5 Å². The van der Waals surface area contributed by atoms with Crippen LogP contribution in [0.1, 0.15) is 38.5 Å². The highest BCUT2D eigenvalue weighted by molar-refractivity contribution is 5.79. The highest BCUT2D eigenvalue weighted by atomic mass is 15.2. The van der Waals surface area contributed by atoms with E-state index in [2.05, 4.69) is 33.6 Å². The molecule has 1 unspecified atom stereocenters. The Kier molecular flexibility index (Phi) is 6.37. The molecule has 0 spiro atoms. The van der Waals surface area contributed by atoms with E-state index >= 15 is 0 Å². The lowest BCUT2D eigenvalue weighted by molar-refractivity contribution is 0.394. The van der Waals surface area contributed by atoms with Crippen molar-refractivity contribution in [2.75, 3.05) is 40.3 Å². The fraction of sp³-hybridized carbons (Fsp3) is 0.812. The first-order valence-electron chi connectivity index (χ1n) is 8.09. The number of nitrogens with zero attached hydrogens (tertiary/aromatic N) is 2. The summed E-state index contributed by atoms with van der Waals surface area (Å²) in [6.45, 7) is 4.46. The molecule has 0 aromatic rings. The monoisotopic (exact) mass is 278 g/mol. The van der Waals surface area contributed by atoms with Gasteiger partial charge in [0.25, 0.3) is 0 Å². The second kappa shape index (κ2) is 8.30. The molecule has 1 fully saturated rings. The molecule has 0 radical (unpaired) electrons. The van der Waals surface area contributed by atoms with Crippen LogP contribution in [0, 0.1) is 5.92 Å². The molecule has 114 valence electrons. The molecule has 2 rings (SSSR count). The first-order valence-corrected chi connectivity index (χ1v) is 8.09. The molecule has 2 aliphatic rings. The molecule has 1 saturated heterocycles. The standard InChI is InChI=1S/C16H30N4/c1-17-16(19-12-15-9-11-20(2)13-15)18-10-8-14-6-4-3-5-7-14/h6,15H,3-5,7-13H2,1-2H3,(H2,17,18,19). The maximum Gasteiger partial charge on any atom is 0.190 e. The van der Waals surface area contributed by atoms with Crippen molar-refractivity contribution in [2.45, 2.75) is 38.5 Å². The maximum absolute atomic E-state index is 4.31. The van der Waals surface area contributed by atoms with Gasteiger partial charge in [0.2, 0.25) is 0 Å². The third-order valence-corrected chi connectivity index (χ3v) is 4.39. The smallest absolute Gasteiger partial charge is 0.190 e. The second-order valence-electron chi connectivity index (χ2n) is 6.15. The second-order valence-corrected chi connectivity index (χ2v) is 6.15. The van der Waals surface area contributed by atoms with Crippen molar-refractivity contribution in [2.24, 2.45) is 10.9 Å². The van der Waals surface area contributed by atoms with Crippen LogP contribution in [0.15, 0.2) is 16.6 Å². The maximum atomic E-state index is 4.31. The van der Waals surface area contributed by atoms with Crippen molar-refractivity contribution >= 4 is 5.96 Å². The predicted molar refractivity (Wildman–Crippen MR) is 86.1 cm³/mol. The Labute approximate surface area is 123 Å². The zero-order chi connectivity index (χ0) is 14.2. The van der Waals surface area contributed by atoms with Crippen LogP contribution in [0.4, 0.5) is 0 Å². The number of aliphatic imine (C=N–C) groups is 1. The van der Waals surface area contributed by atoms with E-state index in [0.29, 0.717) is 0 Å². The number of rotatable bonds is 5. The van der Waals surface area contributed by atoms with Crippen LogP contribution in [-0.2, 0) is 0 Å². The summed E-state index contributed by atoms with van der Waals surface area (Å²) in [7, 11) is 4.06. The van der Waals surface area contributed by atoms with Crippen LogP contribution in [0.5, 0.6) is 0 Å². The average Bonchev–Trinajstić information content (AvgIpc) is 2.89. The fourth-order valence-electron chi connectivity index (χ4n) is 3.13. The van der Waals surface area contributed by atoms with Gasteiger partial charge < -0.3 is 15.5 Å². The van der Waals surface area contributed by atoms with Crippen molar-refractivity contribution in [3.63, 3.8) is 0 Å². The third kappa shape index (κ3) is 5.16. The van der Waals surface area contributed by atoms with E-state index in [1.54, 1.807) is 5.57 Å². The molecule has 20 heavy (non-hydrogen) atoms. The first kappa shape index (κ1) is 15.4. The van der Waals surface area contributed by atoms with E-state index in [0.717, 1.165) is 31.4 Å². The SMILES string of the molecule is CN=C(NCCC1=CCCCC1)NCC1CCN(C)C1. The number of nitrogens with one attached hydrogen (secondary N) is 2. The molecule has 0 saturated carbocycles. The number of hydrogen-bond donors (Lipinski definition) is 2. The van der Waals surface area contributed by atoms with Gasteiger partial charge in [0.05, 0.1) is 0 Å². The highest BCUT2D eigenvalue weighted by Gasteiger charge is 2.19. The van der Waals surface area contributed by atoms with Gasteiger partial charge in [-0.25, -0.2) is 0 Å². The lowest BCUT2D eigenvalue weighted by Gasteiger charge is -2.17. The van der Waals surface area contributed by atoms with Gasteiger partial charge in [0.1, 0.15) is 0 Å². The van der Waals surface area contributed by atoms with Gasteiger partial charge in [-0.3, -0.25) is 4.99 Å². The largest absolute Gasteiger partial charge is 0.356 e. The summed E-state index contributed by atoms with van der Waals surface area (Å²) in [4.78, 5) is 6.71. The lowest BCUT2D eigenvalue weighted by atomic mass is 9.97. The van der Waals surface area contributed by atoms with Crippen LogP contribution >= 0.6 is 0 Å². The molecule has 1 heterocycles. The van der Waals surface area contributed by atoms with Gasteiger partial charge >= 0.3 is 0 Å². The Hall–Kier alpha value is -1.03. The Balaban J connectivity index is 1.61. The molecule has 4 nitrogen and oxygen atoms in total. The minimum absolute atomic E-state index is 0.764. The summed E-state index contributed by atoms with van der Waals surface area (Å²) < 4.78 is 0. The Morgan fingerprint density at radius 1 is 1.40 bits per heavy atom. The Bertz CT molecular complexity index is 348. The number of allylic oxidation sites excluding steroid dienone is 1. The number of hydrogen-bond acceptors (Lipinski definition) is 2.